The Balaban J connectivity index is 4.07. The molecule has 15 heavy (non-hydrogen) atoms. The van der Waals surface area contributed by atoms with Crippen LogP contribution in [0.3, 0.4) is 0 Å². The van der Waals surface area contributed by atoms with Crippen molar-refractivity contribution >= 4 is 5.91 Å². The molecule has 0 bridgehead atoms. The first-order valence-corrected chi connectivity index (χ1v) is 5.75. The van der Waals surface area contributed by atoms with Gasteiger partial charge in [-0.1, -0.05) is 13.8 Å². The Morgan fingerprint density at radius 3 is 2.33 bits per heavy atom. The number of rotatable bonds is 8. The Hall–Kier alpha value is -0.610. The van der Waals surface area contributed by atoms with Crippen LogP contribution in [-0.4, -0.2) is 48.7 Å². The lowest BCUT2D eigenvalue weighted by molar-refractivity contribution is -0.121. The smallest absolute Gasteiger partial charge is 0.221 e. The Morgan fingerprint density at radius 1 is 1.33 bits per heavy atom. The average Bonchev–Trinajstić information content (AvgIpc) is 2.26. The van der Waals surface area contributed by atoms with E-state index in [0.717, 1.165) is 19.4 Å². The van der Waals surface area contributed by atoms with Gasteiger partial charge in [-0.3, -0.25) is 9.69 Å². The first-order chi connectivity index (χ1) is 7.19. The highest BCUT2D eigenvalue weighted by Crippen LogP contribution is 2.08. The van der Waals surface area contributed by atoms with Gasteiger partial charge in [-0.05, 0) is 12.8 Å². The van der Waals surface area contributed by atoms with E-state index in [-0.39, 0.29) is 12.5 Å². The van der Waals surface area contributed by atoms with Crippen molar-refractivity contribution in [2.24, 2.45) is 0 Å². The second-order valence-electron chi connectivity index (χ2n) is 3.65. The standard InChI is InChI=1S/C11H24N2O2/c1-4-10(5-2)13(8-9-14)7-6-11(15)12-3/h10,14H,4-9H2,1-3H3,(H,12,15). The van der Waals surface area contributed by atoms with Gasteiger partial charge in [-0.15, -0.1) is 0 Å². The Labute approximate surface area is 92.7 Å². The fourth-order valence-corrected chi connectivity index (χ4v) is 1.78. The average molecular weight is 216 g/mol. The zero-order chi connectivity index (χ0) is 11.7. The number of nitrogens with zero attached hydrogens (tertiary/aromatic N) is 1. The SMILES string of the molecule is CCC(CC)N(CCO)CCC(=O)NC. The van der Waals surface area contributed by atoms with E-state index >= 15 is 0 Å². The molecule has 0 unspecified atom stereocenters. The second-order valence-corrected chi connectivity index (χ2v) is 3.65. The molecule has 0 radical (unpaired) electrons. The zero-order valence-electron chi connectivity index (χ0n) is 10.1. The van der Waals surface area contributed by atoms with E-state index in [2.05, 4.69) is 24.1 Å². The molecule has 0 spiro atoms. The van der Waals surface area contributed by atoms with Crippen LogP contribution >= 0.6 is 0 Å². The quantitative estimate of drug-likeness (QED) is 0.625. The molecule has 0 aromatic rings. The summed E-state index contributed by atoms with van der Waals surface area (Å²) in [6.07, 6.45) is 2.63. The van der Waals surface area contributed by atoms with Crippen LogP contribution in [0.1, 0.15) is 33.1 Å². The van der Waals surface area contributed by atoms with E-state index in [1.807, 2.05) is 0 Å². The summed E-state index contributed by atoms with van der Waals surface area (Å²) in [6, 6.07) is 0.474. The molecule has 0 fully saturated rings. The topological polar surface area (TPSA) is 52.6 Å². The molecular formula is C11H24N2O2. The number of carbonyl (C=O) groups is 1. The van der Waals surface area contributed by atoms with Gasteiger partial charge in [0.25, 0.3) is 0 Å². The van der Waals surface area contributed by atoms with E-state index < -0.39 is 0 Å². The zero-order valence-corrected chi connectivity index (χ0v) is 10.1. The van der Waals surface area contributed by atoms with Gasteiger partial charge in [0.2, 0.25) is 5.91 Å². The van der Waals surface area contributed by atoms with Gasteiger partial charge in [-0.2, -0.15) is 0 Å². The van der Waals surface area contributed by atoms with Crippen LogP contribution in [0.15, 0.2) is 0 Å². The molecular weight excluding hydrogens is 192 g/mol. The molecule has 0 aliphatic rings. The molecule has 4 nitrogen and oxygen atoms in total. The molecule has 0 saturated carbocycles. The Bertz CT molecular complexity index is 170. The minimum Gasteiger partial charge on any atom is -0.395 e. The van der Waals surface area contributed by atoms with Crippen LogP contribution in [-0.2, 0) is 4.79 Å². The van der Waals surface area contributed by atoms with Gasteiger partial charge in [-0.25, -0.2) is 0 Å². The van der Waals surface area contributed by atoms with Crippen LogP contribution < -0.4 is 5.32 Å². The van der Waals surface area contributed by atoms with Crippen molar-refractivity contribution < 1.29 is 9.90 Å². The number of nitrogens with one attached hydrogen (secondary N) is 1. The molecule has 4 heteroatoms. The summed E-state index contributed by atoms with van der Waals surface area (Å²) in [7, 11) is 1.65. The van der Waals surface area contributed by atoms with E-state index in [4.69, 9.17) is 5.11 Å². The normalized spacial score (nSPS) is 11.1. The van der Waals surface area contributed by atoms with Crippen molar-refractivity contribution in [3.05, 3.63) is 0 Å². The molecule has 0 aromatic carbocycles. The maximum atomic E-state index is 11.1. The number of carbonyl (C=O) groups excluding carboxylic acids is 1. The van der Waals surface area contributed by atoms with Crippen LogP contribution in [0.25, 0.3) is 0 Å². The first-order valence-electron chi connectivity index (χ1n) is 5.75. The molecule has 0 aromatic heterocycles. The highest BCUT2D eigenvalue weighted by molar-refractivity contribution is 5.75. The predicted molar refractivity (Wildman–Crippen MR) is 61.7 cm³/mol. The molecule has 0 aliphatic carbocycles. The Morgan fingerprint density at radius 2 is 1.93 bits per heavy atom. The van der Waals surface area contributed by atoms with E-state index in [1.165, 1.54) is 0 Å². The number of aliphatic hydroxyl groups excluding tert-OH is 1. The number of aliphatic hydroxyl groups is 1. The summed E-state index contributed by atoms with van der Waals surface area (Å²) in [4.78, 5) is 13.3. The highest BCUT2D eigenvalue weighted by atomic mass is 16.3. The molecule has 2 N–H and O–H groups in total. The molecule has 0 rings (SSSR count). The van der Waals surface area contributed by atoms with Gasteiger partial charge in [0.05, 0.1) is 6.61 Å². The van der Waals surface area contributed by atoms with Gasteiger partial charge in [0, 0.05) is 32.6 Å². The monoisotopic (exact) mass is 216 g/mol. The molecule has 0 aliphatic heterocycles. The highest BCUT2D eigenvalue weighted by Gasteiger charge is 2.14. The second kappa shape index (κ2) is 8.68. The van der Waals surface area contributed by atoms with E-state index in [1.54, 1.807) is 7.05 Å². The number of hydrogen-bond donors (Lipinski definition) is 2. The number of amides is 1. The lowest BCUT2D eigenvalue weighted by atomic mass is 10.1. The van der Waals surface area contributed by atoms with Crippen molar-refractivity contribution in [3.8, 4) is 0 Å². The summed E-state index contributed by atoms with van der Waals surface area (Å²) in [5, 5.41) is 11.6. The largest absolute Gasteiger partial charge is 0.395 e. The van der Waals surface area contributed by atoms with E-state index in [0.29, 0.717) is 19.0 Å². The van der Waals surface area contributed by atoms with Gasteiger partial charge in [0.15, 0.2) is 0 Å². The van der Waals surface area contributed by atoms with Crippen LogP contribution in [0.2, 0.25) is 0 Å². The molecule has 0 saturated heterocycles. The molecule has 1 amide bonds. The predicted octanol–water partition coefficient (Wildman–Crippen LogP) is 0.605. The molecule has 0 atom stereocenters. The summed E-state index contributed by atoms with van der Waals surface area (Å²) in [5.74, 6) is 0.0592. The first kappa shape index (κ1) is 14.4. The lowest BCUT2D eigenvalue weighted by Crippen LogP contribution is -2.39. The van der Waals surface area contributed by atoms with Crippen LogP contribution in [0, 0.1) is 0 Å². The third kappa shape index (κ3) is 5.74. The van der Waals surface area contributed by atoms with Crippen molar-refractivity contribution in [3.63, 3.8) is 0 Å². The van der Waals surface area contributed by atoms with Gasteiger partial charge < -0.3 is 10.4 Å². The van der Waals surface area contributed by atoms with Gasteiger partial charge in [0.1, 0.15) is 0 Å². The third-order valence-corrected chi connectivity index (χ3v) is 2.75. The minimum absolute atomic E-state index is 0.0592. The molecule has 90 valence electrons. The summed E-state index contributed by atoms with van der Waals surface area (Å²) >= 11 is 0. The summed E-state index contributed by atoms with van der Waals surface area (Å²) in [6.45, 7) is 5.82. The fourth-order valence-electron chi connectivity index (χ4n) is 1.78. The van der Waals surface area contributed by atoms with Crippen LogP contribution in [0.4, 0.5) is 0 Å². The number of hydrogen-bond acceptors (Lipinski definition) is 3. The fraction of sp³-hybridized carbons (Fsp3) is 0.909. The summed E-state index contributed by atoms with van der Waals surface area (Å²) < 4.78 is 0. The van der Waals surface area contributed by atoms with Crippen molar-refractivity contribution in [1.29, 1.82) is 0 Å². The maximum absolute atomic E-state index is 11.1. The van der Waals surface area contributed by atoms with Crippen LogP contribution in [0.5, 0.6) is 0 Å². The van der Waals surface area contributed by atoms with Crippen molar-refractivity contribution in [2.45, 2.75) is 39.2 Å². The molecule has 0 heterocycles. The Kier molecular flexibility index (Phi) is 8.33. The van der Waals surface area contributed by atoms with Crippen molar-refractivity contribution in [1.82, 2.24) is 10.2 Å². The lowest BCUT2D eigenvalue weighted by Gasteiger charge is -2.29. The third-order valence-electron chi connectivity index (χ3n) is 2.75. The summed E-state index contributed by atoms with van der Waals surface area (Å²) in [5.41, 5.74) is 0. The maximum Gasteiger partial charge on any atom is 0.221 e. The minimum atomic E-state index is 0.0592. The van der Waals surface area contributed by atoms with Gasteiger partial charge >= 0.3 is 0 Å². The van der Waals surface area contributed by atoms with E-state index in [9.17, 15) is 4.79 Å². The van der Waals surface area contributed by atoms with Crippen molar-refractivity contribution in [2.75, 3.05) is 26.7 Å².